The summed E-state index contributed by atoms with van der Waals surface area (Å²) in [6.07, 6.45) is 3.19. The van der Waals surface area contributed by atoms with Crippen molar-refractivity contribution in [2.75, 3.05) is 0 Å². The second-order valence-corrected chi connectivity index (χ2v) is 3.46. The van der Waals surface area contributed by atoms with E-state index in [0.29, 0.717) is 17.9 Å². The molecule has 0 aliphatic heterocycles. The Hall–Kier alpha value is -0.0800. The van der Waals surface area contributed by atoms with Crippen molar-refractivity contribution in [3.8, 4) is 0 Å². The third kappa shape index (κ3) is 0.700. The normalized spacial score (nSPS) is 56.7. The lowest BCUT2D eigenvalue weighted by Gasteiger charge is -2.20. The van der Waals surface area contributed by atoms with Gasteiger partial charge in [0.25, 0.3) is 0 Å². The molecular weight excluding hydrogens is 114 g/mol. The zero-order valence-electron chi connectivity index (χ0n) is 5.46. The van der Waals surface area contributed by atoms with Gasteiger partial charge in [0.2, 0.25) is 0 Å². The zero-order valence-corrected chi connectivity index (χ0v) is 5.46. The Labute approximate surface area is 55.1 Å². The third-order valence-corrected chi connectivity index (χ3v) is 2.87. The summed E-state index contributed by atoms with van der Waals surface area (Å²) in [5, 5.41) is 9.28. The number of rotatable bonds is 0. The van der Waals surface area contributed by atoms with Crippen LogP contribution in [-0.4, -0.2) is 17.3 Å². The van der Waals surface area contributed by atoms with Crippen LogP contribution in [0.3, 0.4) is 0 Å². The fourth-order valence-electron chi connectivity index (χ4n) is 2.29. The molecule has 0 aromatic heterocycles. The average Bonchev–Trinajstić information content (AvgIpc) is 2.24. The summed E-state index contributed by atoms with van der Waals surface area (Å²) in [5.41, 5.74) is 5.77. The maximum Gasteiger partial charge on any atom is 0.0572 e. The molecule has 2 saturated carbocycles. The lowest BCUT2D eigenvalue weighted by Crippen LogP contribution is -2.31. The molecule has 52 valence electrons. The van der Waals surface area contributed by atoms with E-state index in [1.807, 2.05) is 0 Å². The van der Waals surface area contributed by atoms with E-state index in [0.717, 1.165) is 12.8 Å². The first-order valence-electron chi connectivity index (χ1n) is 3.71. The summed E-state index contributed by atoms with van der Waals surface area (Å²) >= 11 is 0. The SMILES string of the molecule is N[C@@H]1C[C@@H]2C[C@H]1C[C@H]2O. The summed E-state index contributed by atoms with van der Waals surface area (Å²) in [6.45, 7) is 0. The van der Waals surface area contributed by atoms with Gasteiger partial charge in [0.1, 0.15) is 0 Å². The number of aliphatic hydroxyl groups excluding tert-OH is 1. The number of aliphatic hydroxyl groups is 1. The highest BCUT2D eigenvalue weighted by molar-refractivity contribution is 4.97. The maximum absolute atomic E-state index is 9.28. The minimum atomic E-state index is -0.0187. The lowest BCUT2D eigenvalue weighted by atomic mass is 9.94. The number of hydrogen-bond donors (Lipinski definition) is 2. The van der Waals surface area contributed by atoms with Gasteiger partial charge in [-0.2, -0.15) is 0 Å². The Kier molecular flexibility index (Phi) is 1.08. The van der Waals surface area contributed by atoms with Crippen molar-refractivity contribution >= 4 is 0 Å². The van der Waals surface area contributed by atoms with E-state index in [1.165, 1.54) is 6.42 Å². The summed E-state index contributed by atoms with van der Waals surface area (Å²) in [6, 6.07) is 0.401. The molecule has 0 heterocycles. The highest BCUT2D eigenvalue weighted by atomic mass is 16.3. The smallest absolute Gasteiger partial charge is 0.0572 e. The van der Waals surface area contributed by atoms with Gasteiger partial charge in [-0.15, -0.1) is 0 Å². The Morgan fingerprint density at radius 2 is 1.89 bits per heavy atom. The van der Waals surface area contributed by atoms with Gasteiger partial charge in [-0.3, -0.25) is 0 Å². The lowest BCUT2D eigenvalue weighted by molar-refractivity contribution is 0.108. The van der Waals surface area contributed by atoms with E-state index in [4.69, 9.17) is 5.73 Å². The predicted octanol–water partition coefficient (Wildman–Crippen LogP) is 0.104. The maximum atomic E-state index is 9.28. The third-order valence-electron chi connectivity index (χ3n) is 2.87. The molecule has 0 spiro atoms. The molecule has 4 atom stereocenters. The summed E-state index contributed by atoms with van der Waals surface area (Å²) in [4.78, 5) is 0. The van der Waals surface area contributed by atoms with Crippen molar-refractivity contribution in [1.82, 2.24) is 0 Å². The molecule has 0 unspecified atom stereocenters. The van der Waals surface area contributed by atoms with E-state index in [1.54, 1.807) is 0 Å². The molecule has 0 saturated heterocycles. The first kappa shape index (κ1) is 5.69. The molecule has 0 amide bonds. The predicted molar refractivity (Wildman–Crippen MR) is 34.8 cm³/mol. The van der Waals surface area contributed by atoms with Crippen molar-refractivity contribution in [3.05, 3.63) is 0 Å². The van der Waals surface area contributed by atoms with Gasteiger partial charge in [0, 0.05) is 6.04 Å². The van der Waals surface area contributed by atoms with Crippen LogP contribution in [0.5, 0.6) is 0 Å². The topological polar surface area (TPSA) is 46.2 Å². The number of hydrogen-bond acceptors (Lipinski definition) is 2. The van der Waals surface area contributed by atoms with Crippen LogP contribution in [0, 0.1) is 11.8 Å². The van der Waals surface area contributed by atoms with Crippen LogP contribution in [0.2, 0.25) is 0 Å². The van der Waals surface area contributed by atoms with E-state index in [-0.39, 0.29) is 6.10 Å². The first-order valence-corrected chi connectivity index (χ1v) is 3.71. The van der Waals surface area contributed by atoms with E-state index >= 15 is 0 Å². The van der Waals surface area contributed by atoms with Gasteiger partial charge in [-0.05, 0) is 31.1 Å². The second kappa shape index (κ2) is 1.70. The summed E-state index contributed by atoms with van der Waals surface area (Å²) in [7, 11) is 0. The van der Waals surface area contributed by atoms with Crippen molar-refractivity contribution in [2.45, 2.75) is 31.4 Å². The van der Waals surface area contributed by atoms with Gasteiger partial charge in [0.05, 0.1) is 6.10 Å². The summed E-state index contributed by atoms with van der Waals surface area (Å²) < 4.78 is 0. The molecule has 3 N–H and O–H groups in total. The van der Waals surface area contributed by atoms with Crippen LogP contribution in [0.1, 0.15) is 19.3 Å². The Bertz CT molecular complexity index is 108. The molecular formula is C7H13NO. The largest absolute Gasteiger partial charge is 0.393 e. The Balaban J connectivity index is 2.10. The van der Waals surface area contributed by atoms with E-state index in [9.17, 15) is 5.11 Å². The summed E-state index contributed by atoms with van der Waals surface area (Å²) in [5.74, 6) is 1.19. The van der Waals surface area contributed by atoms with Crippen LogP contribution >= 0.6 is 0 Å². The van der Waals surface area contributed by atoms with Crippen LogP contribution in [0.15, 0.2) is 0 Å². The molecule has 2 aliphatic carbocycles. The Morgan fingerprint density at radius 3 is 2.22 bits per heavy atom. The van der Waals surface area contributed by atoms with Gasteiger partial charge >= 0.3 is 0 Å². The standard InChI is InChI=1S/C7H13NO/c8-6-2-5-1-4(6)3-7(5)9/h4-7,9H,1-3,8H2/t4-,5-,6+,7+/m0/s1. The molecule has 2 nitrogen and oxygen atoms in total. The quantitative estimate of drug-likeness (QED) is 0.485. The second-order valence-electron chi connectivity index (χ2n) is 3.46. The molecule has 2 fully saturated rings. The molecule has 0 aromatic rings. The van der Waals surface area contributed by atoms with Gasteiger partial charge in [0.15, 0.2) is 0 Å². The molecule has 0 aromatic carbocycles. The van der Waals surface area contributed by atoms with Gasteiger partial charge in [-0.1, -0.05) is 0 Å². The van der Waals surface area contributed by atoms with E-state index < -0.39 is 0 Å². The van der Waals surface area contributed by atoms with Crippen molar-refractivity contribution in [2.24, 2.45) is 17.6 Å². The molecule has 9 heavy (non-hydrogen) atoms. The van der Waals surface area contributed by atoms with E-state index in [2.05, 4.69) is 0 Å². The molecule has 0 radical (unpaired) electrons. The van der Waals surface area contributed by atoms with Crippen molar-refractivity contribution < 1.29 is 5.11 Å². The fourth-order valence-corrected chi connectivity index (χ4v) is 2.29. The van der Waals surface area contributed by atoms with Gasteiger partial charge < -0.3 is 10.8 Å². The van der Waals surface area contributed by atoms with Crippen molar-refractivity contribution in [3.63, 3.8) is 0 Å². The van der Waals surface area contributed by atoms with Crippen LogP contribution < -0.4 is 5.73 Å². The van der Waals surface area contributed by atoms with Crippen LogP contribution in [-0.2, 0) is 0 Å². The first-order chi connectivity index (χ1) is 4.27. The monoisotopic (exact) mass is 127 g/mol. The van der Waals surface area contributed by atoms with Crippen LogP contribution in [0.25, 0.3) is 0 Å². The molecule has 2 bridgehead atoms. The number of nitrogens with two attached hydrogens (primary N) is 1. The highest BCUT2D eigenvalue weighted by Gasteiger charge is 2.43. The van der Waals surface area contributed by atoms with Crippen LogP contribution in [0.4, 0.5) is 0 Å². The van der Waals surface area contributed by atoms with Gasteiger partial charge in [-0.25, -0.2) is 0 Å². The molecule has 2 heteroatoms. The average molecular weight is 127 g/mol. The zero-order chi connectivity index (χ0) is 6.43. The minimum absolute atomic E-state index is 0.0187. The molecule has 2 aliphatic rings. The minimum Gasteiger partial charge on any atom is -0.393 e. The van der Waals surface area contributed by atoms with Crippen molar-refractivity contribution in [1.29, 1.82) is 0 Å². The Morgan fingerprint density at radius 1 is 1.11 bits per heavy atom. The fraction of sp³-hybridized carbons (Fsp3) is 1.00. The number of fused-ring (bicyclic) bond motifs is 2. The molecule has 2 rings (SSSR count). The highest BCUT2D eigenvalue weighted by Crippen LogP contribution is 2.43.